The summed E-state index contributed by atoms with van der Waals surface area (Å²) in [5.41, 5.74) is 4.52. The molecule has 2 aliphatic heterocycles. The minimum atomic E-state index is -0.949. The lowest BCUT2D eigenvalue weighted by molar-refractivity contribution is -0.148. The number of amides is 2. The molecule has 1 aromatic rings. The van der Waals surface area contributed by atoms with Crippen molar-refractivity contribution >= 4 is 40.6 Å². The minimum absolute atomic E-state index is 0.0568. The maximum absolute atomic E-state index is 12.9. The van der Waals surface area contributed by atoms with E-state index >= 15 is 0 Å². The van der Waals surface area contributed by atoms with Gasteiger partial charge in [-0.2, -0.15) is 0 Å². The summed E-state index contributed by atoms with van der Waals surface area (Å²) in [5, 5.41) is -0.453. The number of thioether (sulfide) groups is 1. The topological polar surface area (TPSA) is 66.9 Å². The van der Waals surface area contributed by atoms with Gasteiger partial charge in [0.2, 0.25) is 0 Å². The summed E-state index contributed by atoms with van der Waals surface area (Å²) in [6, 6.07) is 3.76. The van der Waals surface area contributed by atoms with Gasteiger partial charge in [0.25, 0.3) is 11.1 Å². The Morgan fingerprint density at radius 1 is 1.26 bits per heavy atom. The van der Waals surface area contributed by atoms with E-state index in [1.165, 1.54) is 25.3 Å². The van der Waals surface area contributed by atoms with Crippen molar-refractivity contribution in [3.63, 3.8) is 0 Å². The predicted molar refractivity (Wildman–Crippen MR) is 125 cm³/mol. The van der Waals surface area contributed by atoms with Crippen LogP contribution in [0.3, 0.4) is 0 Å². The fourth-order valence-corrected chi connectivity index (χ4v) is 5.88. The van der Waals surface area contributed by atoms with E-state index in [0.29, 0.717) is 16.9 Å². The summed E-state index contributed by atoms with van der Waals surface area (Å²) in [7, 11) is 1.24. The molecule has 0 radical (unpaired) electrons. The molecule has 2 amide bonds. The molecule has 168 valence electrons. The molecule has 6 nitrogen and oxygen atoms in total. The van der Waals surface area contributed by atoms with Gasteiger partial charge in [-0.1, -0.05) is 6.92 Å². The Morgan fingerprint density at radius 2 is 1.90 bits per heavy atom. The first kappa shape index (κ1) is 23.4. The van der Waals surface area contributed by atoms with Gasteiger partial charge in [-0.3, -0.25) is 14.5 Å². The Balaban J connectivity index is 2.02. The van der Waals surface area contributed by atoms with Crippen LogP contribution in [0, 0.1) is 6.92 Å². The SMILES string of the molecule is COC(=O)[C@@H](C)N1C(=O)S/C(=C/c2cc3c(cc2C)N(C(C)C)C(C)(C)C[C@H]3C)C1=O. The highest BCUT2D eigenvalue weighted by Crippen LogP contribution is 2.46. The standard InChI is InChI=1S/C24H32N2O4S/c1-13(2)26-19-9-14(3)17(10-18(19)15(4)12-24(26,6)7)11-20-21(27)25(23(29)31-20)16(5)22(28)30-8/h9-11,13,15-16H,12H2,1-8H3/b20-11+/t15-,16-/m1/s1. The van der Waals surface area contributed by atoms with Crippen LogP contribution < -0.4 is 4.90 Å². The largest absolute Gasteiger partial charge is 0.467 e. The predicted octanol–water partition coefficient (Wildman–Crippen LogP) is 5.09. The third-order valence-electron chi connectivity index (χ3n) is 6.22. The molecule has 7 heteroatoms. The number of ether oxygens (including phenoxy) is 1. The van der Waals surface area contributed by atoms with Crippen LogP contribution in [0.5, 0.6) is 0 Å². The smallest absolute Gasteiger partial charge is 0.328 e. The highest BCUT2D eigenvalue weighted by atomic mass is 32.2. The molecule has 0 bridgehead atoms. The maximum Gasteiger partial charge on any atom is 0.328 e. The van der Waals surface area contributed by atoms with Gasteiger partial charge in [0.15, 0.2) is 0 Å². The summed E-state index contributed by atoms with van der Waals surface area (Å²) >= 11 is 0.865. The Hall–Kier alpha value is -2.28. The number of aryl methyl sites for hydroxylation is 1. The quantitative estimate of drug-likeness (QED) is 0.476. The van der Waals surface area contributed by atoms with Crippen molar-refractivity contribution in [1.29, 1.82) is 0 Å². The van der Waals surface area contributed by atoms with Gasteiger partial charge < -0.3 is 9.64 Å². The molecular weight excluding hydrogens is 412 g/mol. The van der Waals surface area contributed by atoms with Gasteiger partial charge in [0.05, 0.1) is 12.0 Å². The van der Waals surface area contributed by atoms with E-state index in [1.807, 2.05) is 6.92 Å². The lowest BCUT2D eigenvalue weighted by Crippen LogP contribution is -2.51. The Bertz CT molecular complexity index is 967. The number of nitrogens with zero attached hydrogens (tertiary/aromatic N) is 2. The number of carbonyl (C=O) groups excluding carboxylic acids is 3. The van der Waals surface area contributed by atoms with Crippen molar-refractivity contribution in [2.24, 2.45) is 0 Å². The summed E-state index contributed by atoms with van der Waals surface area (Å²) < 4.78 is 4.70. The van der Waals surface area contributed by atoms with Crippen molar-refractivity contribution in [3.05, 3.63) is 33.7 Å². The second-order valence-electron chi connectivity index (χ2n) is 9.40. The van der Waals surface area contributed by atoms with E-state index in [2.05, 4.69) is 51.7 Å². The van der Waals surface area contributed by atoms with E-state index in [4.69, 9.17) is 4.74 Å². The number of methoxy groups -OCH3 is 1. The second-order valence-corrected chi connectivity index (χ2v) is 10.4. The monoisotopic (exact) mass is 444 g/mol. The number of rotatable bonds is 4. The number of fused-ring (bicyclic) bond motifs is 1. The van der Waals surface area contributed by atoms with E-state index < -0.39 is 23.2 Å². The summed E-state index contributed by atoms with van der Waals surface area (Å²) in [6.07, 6.45) is 2.81. The second kappa shape index (κ2) is 8.34. The molecule has 1 aromatic carbocycles. The van der Waals surface area contributed by atoms with E-state index in [1.54, 1.807) is 6.08 Å². The van der Waals surface area contributed by atoms with E-state index in [9.17, 15) is 14.4 Å². The van der Waals surface area contributed by atoms with Crippen molar-refractivity contribution < 1.29 is 19.1 Å². The van der Waals surface area contributed by atoms with Crippen LogP contribution in [-0.2, 0) is 14.3 Å². The fourth-order valence-electron chi connectivity index (χ4n) is 4.98. The number of carbonyl (C=O) groups is 3. The Labute approximate surface area is 189 Å². The zero-order chi connectivity index (χ0) is 23.2. The van der Waals surface area contributed by atoms with Gasteiger partial charge in [-0.05, 0) is 101 Å². The fraction of sp³-hybridized carbons (Fsp3) is 0.542. The molecule has 0 aromatic heterocycles. The molecule has 2 atom stereocenters. The number of hydrogen-bond donors (Lipinski definition) is 0. The minimum Gasteiger partial charge on any atom is -0.467 e. The zero-order valence-corrected chi connectivity index (χ0v) is 20.4. The zero-order valence-electron chi connectivity index (χ0n) is 19.6. The molecule has 0 spiro atoms. The molecule has 0 unspecified atom stereocenters. The third-order valence-corrected chi connectivity index (χ3v) is 7.10. The molecule has 3 rings (SSSR count). The molecule has 0 aliphatic carbocycles. The maximum atomic E-state index is 12.9. The summed E-state index contributed by atoms with van der Waals surface area (Å²) in [6.45, 7) is 14.8. The number of hydrogen-bond acceptors (Lipinski definition) is 6. The number of anilines is 1. The molecule has 0 saturated carbocycles. The number of benzene rings is 1. The first-order valence-electron chi connectivity index (χ1n) is 10.7. The van der Waals surface area contributed by atoms with Crippen molar-refractivity contribution in [3.8, 4) is 0 Å². The average molecular weight is 445 g/mol. The summed E-state index contributed by atoms with van der Waals surface area (Å²) in [4.78, 5) is 40.9. The van der Waals surface area contributed by atoms with Crippen LogP contribution in [0.4, 0.5) is 10.5 Å². The van der Waals surface area contributed by atoms with Crippen LogP contribution in [-0.4, -0.2) is 46.7 Å². The molecule has 1 saturated heterocycles. The van der Waals surface area contributed by atoms with Crippen molar-refractivity contribution in [2.75, 3.05) is 12.0 Å². The normalized spacial score (nSPS) is 22.9. The molecule has 31 heavy (non-hydrogen) atoms. The molecule has 2 aliphatic rings. The Kier molecular flexibility index (Phi) is 6.29. The lowest BCUT2D eigenvalue weighted by Gasteiger charge is -2.50. The van der Waals surface area contributed by atoms with Crippen LogP contribution in [0.15, 0.2) is 17.0 Å². The van der Waals surface area contributed by atoms with Crippen LogP contribution in [0.25, 0.3) is 6.08 Å². The molecule has 2 heterocycles. The lowest BCUT2D eigenvalue weighted by atomic mass is 9.78. The Morgan fingerprint density at radius 3 is 2.48 bits per heavy atom. The average Bonchev–Trinajstić information content (AvgIpc) is 2.93. The van der Waals surface area contributed by atoms with Crippen LogP contribution in [0.2, 0.25) is 0 Å². The highest BCUT2D eigenvalue weighted by molar-refractivity contribution is 8.18. The first-order chi connectivity index (χ1) is 14.4. The first-order valence-corrected chi connectivity index (χ1v) is 11.5. The van der Waals surface area contributed by atoms with Crippen molar-refractivity contribution in [2.45, 2.75) is 78.4 Å². The number of esters is 1. The van der Waals surface area contributed by atoms with Crippen LogP contribution >= 0.6 is 11.8 Å². The molecule has 0 N–H and O–H groups in total. The van der Waals surface area contributed by atoms with Crippen molar-refractivity contribution in [1.82, 2.24) is 4.90 Å². The summed E-state index contributed by atoms with van der Waals surface area (Å²) in [5.74, 6) is -0.691. The van der Waals surface area contributed by atoms with Crippen LogP contribution in [0.1, 0.15) is 70.6 Å². The molecule has 1 fully saturated rings. The number of imide groups is 1. The van der Waals surface area contributed by atoms with E-state index in [-0.39, 0.29) is 5.54 Å². The third kappa shape index (κ3) is 4.12. The highest BCUT2D eigenvalue weighted by Gasteiger charge is 2.42. The molecular formula is C24H32N2O4S. The van der Waals surface area contributed by atoms with Gasteiger partial charge in [0.1, 0.15) is 6.04 Å². The van der Waals surface area contributed by atoms with Gasteiger partial charge >= 0.3 is 5.97 Å². The van der Waals surface area contributed by atoms with E-state index in [0.717, 1.165) is 34.2 Å². The van der Waals surface area contributed by atoms with Gasteiger partial charge in [-0.15, -0.1) is 0 Å². The van der Waals surface area contributed by atoms with Gasteiger partial charge in [-0.25, -0.2) is 4.79 Å². The van der Waals surface area contributed by atoms with Gasteiger partial charge in [0, 0.05) is 17.3 Å².